The van der Waals surface area contributed by atoms with Crippen molar-refractivity contribution in [3.63, 3.8) is 0 Å². The summed E-state index contributed by atoms with van der Waals surface area (Å²) < 4.78 is 61.7. The summed E-state index contributed by atoms with van der Waals surface area (Å²) in [5.41, 5.74) is -0.942. The molecule has 0 amide bonds. The van der Waals surface area contributed by atoms with Gasteiger partial charge in [-0.25, -0.2) is 8.42 Å². The second-order valence-corrected chi connectivity index (χ2v) is 7.37. The molecule has 2 rings (SSSR count). The van der Waals surface area contributed by atoms with Crippen LogP contribution in [-0.4, -0.2) is 26.3 Å². The lowest BCUT2D eigenvalue weighted by Gasteiger charge is -2.23. The van der Waals surface area contributed by atoms with Crippen molar-refractivity contribution in [1.82, 2.24) is 5.32 Å². The molecule has 1 saturated heterocycles. The van der Waals surface area contributed by atoms with Crippen molar-refractivity contribution >= 4 is 9.84 Å². The van der Waals surface area contributed by atoms with Gasteiger partial charge in [0.05, 0.1) is 15.2 Å². The number of hydrogen-bond donors (Lipinski definition) is 1. The Bertz CT molecular complexity index is 575. The van der Waals surface area contributed by atoms with Crippen molar-refractivity contribution in [3.05, 3.63) is 29.8 Å². The Morgan fingerprint density at radius 2 is 2.00 bits per heavy atom. The standard InChI is InChI=1S/C12H14F3NO2S/c1-11(5-6-16-8-11)19(17,18)10-4-2-3-9(7-10)12(13,14)15/h2-4,7,16H,5-6,8H2,1H3. The minimum absolute atomic E-state index is 0.256. The van der Waals surface area contributed by atoms with E-state index in [2.05, 4.69) is 5.32 Å². The lowest BCUT2D eigenvalue weighted by molar-refractivity contribution is -0.137. The molecule has 0 bridgehead atoms. The first-order valence-electron chi connectivity index (χ1n) is 5.79. The van der Waals surface area contributed by atoms with Crippen LogP contribution in [-0.2, 0) is 16.0 Å². The van der Waals surface area contributed by atoms with E-state index in [0.29, 0.717) is 19.0 Å². The molecule has 1 heterocycles. The van der Waals surface area contributed by atoms with E-state index in [9.17, 15) is 21.6 Å². The van der Waals surface area contributed by atoms with Crippen LogP contribution in [0.15, 0.2) is 29.2 Å². The van der Waals surface area contributed by atoms with Crippen LogP contribution < -0.4 is 5.32 Å². The van der Waals surface area contributed by atoms with Gasteiger partial charge in [-0.2, -0.15) is 13.2 Å². The summed E-state index contributed by atoms with van der Waals surface area (Å²) >= 11 is 0. The highest BCUT2D eigenvalue weighted by atomic mass is 32.2. The monoisotopic (exact) mass is 293 g/mol. The summed E-state index contributed by atoms with van der Waals surface area (Å²) in [5, 5.41) is 2.93. The van der Waals surface area contributed by atoms with Gasteiger partial charge in [0.25, 0.3) is 0 Å². The minimum atomic E-state index is -4.54. The van der Waals surface area contributed by atoms with Crippen LogP contribution in [0.25, 0.3) is 0 Å². The molecular weight excluding hydrogens is 279 g/mol. The third kappa shape index (κ3) is 2.49. The van der Waals surface area contributed by atoms with Gasteiger partial charge >= 0.3 is 6.18 Å². The van der Waals surface area contributed by atoms with Crippen molar-refractivity contribution < 1.29 is 21.6 Å². The number of rotatable bonds is 2. The average molecular weight is 293 g/mol. The molecule has 1 N–H and O–H groups in total. The van der Waals surface area contributed by atoms with Gasteiger partial charge in [0.1, 0.15) is 0 Å². The summed E-state index contributed by atoms with van der Waals surface area (Å²) in [4.78, 5) is -0.270. The molecule has 0 radical (unpaired) electrons. The topological polar surface area (TPSA) is 46.2 Å². The van der Waals surface area contributed by atoms with Crippen LogP contribution >= 0.6 is 0 Å². The number of nitrogens with one attached hydrogen (secondary N) is 1. The van der Waals surface area contributed by atoms with Gasteiger partial charge in [-0.1, -0.05) is 6.07 Å². The van der Waals surface area contributed by atoms with Crippen LogP contribution in [0.2, 0.25) is 0 Å². The first-order valence-corrected chi connectivity index (χ1v) is 7.28. The molecule has 1 aliphatic heterocycles. The smallest absolute Gasteiger partial charge is 0.315 e. The summed E-state index contributed by atoms with van der Waals surface area (Å²) in [6.45, 7) is 2.36. The predicted molar refractivity (Wildman–Crippen MR) is 64.5 cm³/mol. The second kappa shape index (κ2) is 4.49. The highest BCUT2D eigenvalue weighted by Gasteiger charge is 2.43. The molecule has 3 nitrogen and oxygen atoms in total. The lowest BCUT2D eigenvalue weighted by atomic mass is 10.1. The van der Waals surface area contributed by atoms with Crippen molar-refractivity contribution in [2.24, 2.45) is 0 Å². The molecule has 1 aliphatic rings. The van der Waals surface area contributed by atoms with E-state index in [4.69, 9.17) is 0 Å². The SMILES string of the molecule is CC1(S(=O)(=O)c2cccc(C(F)(F)F)c2)CCNC1. The van der Waals surface area contributed by atoms with Gasteiger partial charge in [0, 0.05) is 6.54 Å². The van der Waals surface area contributed by atoms with Crippen LogP contribution in [0.1, 0.15) is 18.9 Å². The number of sulfone groups is 1. The number of alkyl halides is 3. The van der Waals surface area contributed by atoms with E-state index in [1.807, 2.05) is 0 Å². The molecule has 1 aromatic rings. The van der Waals surface area contributed by atoms with Crippen molar-refractivity contribution in [2.45, 2.75) is 29.2 Å². The van der Waals surface area contributed by atoms with E-state index in [0.717, 1.165) is 12.1 Å². The molecule has 0 spiro atoms. The Morgan fingerprint density at radius 1 is 1.32 bits per heavy atom. The molecule has 0 aliphatic carbocycles. The molecule has 1 unspecified atom stereocenters. The second-order valence-electron chi connectivity index (χ2n) is 4.91. The van der Waals surface area contributed by atoms with Gasteiger partial charge in [-0.05, 0) is 38.1 Å². The fraction of sp³-hybridized carbons (Fsp3) is 0.500. The van der Waals surface area contributed by atoms with E-state index < -0.39 is 26.3 Å². The summed E-state index contributed by atoms with van der Waals surface area (Å²) in [6, 6.07) is 3.92. The number of benzene rings is 1. The number of halogens is 3. The molecule has 0 aromatic heterocycles. The lowest BCUT2D eigenvalue weighted by Crippen LogP contribution is -2.37. The van der Waals surface area contributed by atoms with Crippen molar-refractivity contribution in [2.75, 3.05) is 13.1 Å². The molecule has 19 heavy (non-hydrogen) atoms. The first kappa shape index (κ1) is 14.3. The Labute approximate surface area is 109 Å². The van der Waals surface area contributed by atoms with E-state index >= 15 is 0 Å². The van der Waals surface area contributed by atoms with Crippen molar-refractivity contribution in [3.8, 4) is 0 Å². The zero-order valence-corrected chi connectivity index (χ0v) is 11.1. The maximum atomic E-state index is 12.6. The maximum absolute atomic E-state index is 12.6. The summed E-state index contributed by atoms with van der Waals surface area (Å²) in [6.07, 6.45) is -4.15. The van der Waals surface area contributed by atoms with Gasteiger partial charge in [0.2, 0.25) is 0 Å². The summed E-state index contributed by atoms with van der Waals surface area (Å²) in [7, 11) is -3.78. The fourth-order valence-corrected chi connectivity index (χ4v) is 3.92. The largest absolute Gasteiger partial charge is 0.416 e. The van der Waals surface area contributed by atoms with Crippen LogP contribution in [0, 0.1) is 0 Å². The van der Waals surface area contributed by atoms with Gasteiger partial charge in [0.15, 0.2) is 9.84 Å². The highest BCUT2D eigenvalue weighted by Crippen LogP contribution is 2.35. The van der Waals surface area contributed by atoms with Gasteiger partial charge in [-0.15, -0.1) is 0 Å². The maximum Gasteiger partial charge on any atom is 0.416 e. The summed E-state index contributed by atoms with van der Waals surface area (Å²) in [5.74, 6) is 0. The first-order chi connectivity index (χ1) is 8.67. The Morgan fingerprint density at radius 3 is 2.53 bits per heavy atom. The highest BCUT2D eigenvalue weighted by molar-refractivity contribution is 7.92. The molecule has 1 atom stereocenters. The Kier molecular flexibility index (Phi) is 3.38. The van der Waals surface area contributed by atoms with E-state index in [1.165, 1.54) is 6.07 Å². The molecule has 0 saturated carbocycles. The minimum Gasteiger partial charge on any atom is -0.315 e. The Hall–Kier alpha value is -1.08. The molecular formula is C12H14F3NO2S. The van der Waals surface area contributed by atoms with Crippen LogP contribution in [0.3, 0.4) is 0 Å². The van der Waals surface area contributed by atoms with Crippen LogP contribution in [0.4, 0.5) is 13.2 Å². The molecule has 1 fully saturated rings. The molecule has 106 valence electrons. The quantitative estimate of drug-likeness (QED) is 0.909. The van der Waals surface area contributed by atoms with Crippen molar-refractivity contribution in [1.29, 1.82) is 0 Å². The zero-order valence-electron chi connectivity index (χ0n) is 10.3. The average Bonchev–Trinajstić information content (AvgIpc) is 2.77. The van der Waals surface area contributed by atoms with E-state index in [1.54, 1.807) is 6.92 Å². The van der Waals surface area contributed by atoms with Gasteiger partial charge < -0.3 is 5.32 Å². The predicted octanol–water partition coefficient (Wildman–Crippen LogP) is 2.23. The Balaban J connectivity index is 2.47. The fourth-order valence-electron chi connectivity index (χ4n) is 2.15. The third-order valence-corrected chi connectivity index (χ3v) is 5.97. The molecule has 7 heteroatoms. The molecule has 1 aromatic carbocycles. The normalized spacial score (nSPS) is 24.6. The van der Waals surface area contributed by atoms with Gasteiger partial charge in [-0.3, -0.25) is 0 Å². The van der Waals surface area contributed by atoms with Crippen LogP contribution in [0.5, 0.6) is 0 Å². The third-order valence-electron chi connectivity index (χ3n) is 3.45. The van der Waals surface area contributed by atoms with E-state index in [-0.39, 0.29) is 11.4 Å². The zero-order chi connectivity index (χ0) is 14.3. The number of hydrogen-bond acceptors (Lipinski definition) is 3.